The standard InChI is InChI=1S/C26H35N5O2/c1-17-8-10-20(11-9-17)26(3,4)25(33)31-14-12-21-22(16-31)28-23(29-24(21)27-5)19-7-6-13-30(15-19)18(2)32/h8-11,19H,6-7,12-16H2,1-5H3,(H,27,28,29)/t19-/m1/s1. The summed E-state index contributed by atoms with van der Waals surface area (Å²) in [5.41, 5.74) is 3.61. The first-order valence-electron chi connectivity index (χ1n) is 11.9. The number of hydrogen-bond acceptors (Lipinski definition) is 5. The van der Waals surface area contributed by atoms with Crippen molar-refractivity contribution in [3.63, 3.8) is 0 Å². The summed E-state index contributed by atoms with van der Waals surface area (Å²) in [4.78, 5) is 39.1. The highest BCUT2D eigenvalue weighted by Crippen LogP contribution is 2.32. The van der Waals surface area contributed by atoms with Crippen molar-refractivity contribution in [1.29, 1.82) is 0 Å². The zero-order valence-electron chi connectivity index (χ0n) is 20.4. The largest absolute Gasteiger partial charge is 0.373 e. The van der Waals surface area contributed by atoms with Crippen molar-refractivity contribution < 1.29 is 9.59 Å². The summed E-state index contributed by atoms with van der Waals surface area (Å²) in [5.74, 6) is 1.95. The van der Waals surface area contributed by atoms with Gasteiger partial charge in [-0.3, -0.25) is 9.59 Å². The van der Waals surface area contributed by atoms with Gasteiger partial charge in [-0.25, -0.2) is 9.97 Å². The van der Waals surface area contributed by atoms with Crippen molar-refractivity contribution in [2.24, 2.45) is 0 Å². The molecule has 3 heterocycles. The smallest absolute Gasteiger partial charge is 0.233 e. The summed E-state index contributed by atoms with van der Waals surface area (Å²) in [6, 6.07) is 8.22. The van der Waals surface area contributed by atoms with Gasteiger partial charge in [0, 0.05) is 45.1 Å². The van der Waals surface area contributed by atoms with Crippen LogP contribution in [-0.4, -0.2) is 58.3 Å². The highest BCUT2D eigenvalue weighted by molar-refractivity contribution is 5.87. The first-order chi connectivity index (χ1) is 15.7. The molecule has 176 valence electrons. The molecular weight excluding hydrogens is 414 g/mol. The lowest BCUT2D eigenvalue weighted by Crippen LogP contribution is -2.46. The number of amides is 2. The molecule has 2 aromatic rings. The van der Waals surface area contributed by atoms with Gasteiger partial charge < -0.3 is 15.1 Å². The van der Waals surface area contributed by atoms with E-state index in [4.69, 9.17) is 9.97 Å². The van der Waals surface area contributed by atoms with E-state index in [1.807, 2.05) is 42.8 Å². The maximum absolute atomic E-state index is 13.6. The van der Waals surface area contributed by atoms with E-state index in [2.05, 4.69) is 24.4 Å². The summed E-state index contributed by atoms with van der Waals surface area (Å²) >= 11 is 0. The number of nitrogens with one attached hydrogen (secondary N) is 1. The molecule has 1 atom stereocenters. The lowest BCUT2D eigenvalue weighted by atomic mass is 9.82. The predicted octanol–water partition coefficient (Wildman–Crippen LogP) is 3.42. The van der Waals surface area contributed by atoms with Crippen LogP contribution in [-0.2, 0) is 28.0 Å². The van der Waals surface area contributed by atoms with Crippen molar-refractivity contribution in [1.82, 2.24) is 19.8 Å². The van der Waals surface area contributed by atoms with Gasteiger partial charge in [0.05, 0.1) is 17.7 Å². The first-order valence-corrected chi connectivity index (χ1v) is 11.9. The zero-order chi connectivity index (χ0) is 23.8. The molecule has 2 aliphatic rings. The second-order valence-electron chi connectivity index (χ2n) is 9.88. The zero-order valence-corrected chi connectivity index (χ0v) is 20.4. The summed E-state index contributed by atoms with van der Waals surface area (Å²) in [7, 11) is 1.88. The van der Waals surface area contributed by atoms with Crippen LogP contribution >= 0.6 is 0 Å². The normalized spacial score (nSPS) is 18.6. The van der Waals surface area contributed by atoms with Gasteiger partial charge in [0.1, 0.15) is 11.6 Å². The van der Waals surface area contributed by atoms with Gasteiger partial charge in [0.25, 0.3) is 0 Å². The molecule has 4 rings (SSSR count). The summed E-state index contributed by atoms with van der Waals surface area (Å²) in [6.45, 7) is 10.3. The van der Waals surface area contributed by atoms with E-state index in [9.17, 15) is 9.59 Å². The third-order valence-corrected chi connectivity index (χ3v) is 7.15. The monoisotopic (exact) mass is 449 g/mol. The number of carbonyl (C=O) groups is 2. The minimum absolute atomic E-state index is 0.0987. The number of aromatic nitrogens is 2. The van der Waals surface area contributed by atoms with Crippen LogP contribution in [0.4, 0.5) is 5.82 Å². The second-order valence-corrected chi connectivity index (χ2v) is 9.88. The molecule has 0 spiro atoms. The van der Waals surface area contributed by atoms with Crippen molar-refractivity contribution in [3.8, 4) is 0 Å². The summed E-state index contributed by atoms with van der Waals surface area (Å²) in [6.07, 6.45) is 2.65. The summed E-state index contributed by atoms with van der Waals surface area (Å²) < 4.78 is 0. The number of anilines is 1. The van der Waals surface area contributed by atoms with Crippen LogP contribution in [0, 0.1) is 6.92 Å². The molecule has 1 aromatic heterocycles. The molecule has 0 saturated carbocycles. The average molecular weight is 450 g/mol. The molecule has 2 aliphatic heterocycles. The molecule has 1 fully saturated rings. The Hall–Kier alpha value is -2.96. The van der Waals surface area contributed by atoms with Gasteiger partial charge in [-0.2, -0.15) is 0 Å². The van der Waals surface area contributed by atoms with E-state index in [0.29, 0.717) is 19.6 Å². The number of carbonyl (C=O) groups excluding carboxylic acids is 2. The van der Waals surface area contributed by atoms with Crippen LogP contribution in [0.25, 0.3) is 0 Å². The number of hydrogen-bond donors (Lipinski definition) is 1. The van der Waals surface area contributed by atoms with Crippen LogP contribution in [0.15, 0.2) is 24.3 Å². The Kier molecular flexibility index (Phi) is 6.41. The van der Waals surface area contributed by atoms with Crippen LogP contribution in [0.2, 0.25) is 0 Å². The average Bonchev–Trinajstić information content (AvgIpc) is 2.82. The fourth-order valence-electron chi connectivity index (χ4n) is 4.98. The predicted molar refractivity (Wildman–Crippen MR) is 129 cm³/mol. The molecule has 7 heteroatoms. The Labute approximate surface area is 196 Å². The molecule has 0 unspecified atom stereocenters. The lowest BCUT2D eigenvalue weighted by molar-refractivity contribution is -0.137. The molecule has 1 aromatic carbocycles. The van der Waals surface area contributed by atoms with E-state index in [-0.39, 0.29) is 17.7 Å². The highest BCUT2D eigenvalue weighted by atomic mass is 16.2. The van der Waals surface area contributed by atoms with Crippen LogP contribution in [0.1, 0.15) is 67.7 Å². The molecule has 7 nitrogen and oxygen atoms in total. The van der Waals surface area contributed by atoms with Crippen molar-refractivity contribution in [3.05, 3.63) is 52.5 Å². The van der Waals surface area contributed by atoms with Crippen LogP contribution in [0.5, 0.6) is 0 Å². The number of nitrogens with zero attached hydrogens (tertiary/aromatic N) is 4. The van der Waals surface area contributed by atoms with E-state index < -0.39 is 5.41 Å². The molecule has 0 bridgehead atoms. The molecule has 0 aliphatic carbocycles. The maximum atomic E-state index is 13.6. The topological polar surface area (TPSA) is 78.4 Å². The van der Waals surface area contributed by atoms with Gasteiger partial charge in [-0.15, -0.1) is 0 Å². The van der Waals surface area contributed by atoms with Gasteiger partial charge in [-0.05, 0) is 45.6 Å². The number of fused-ring (bicyclic) bond motifs is 1. The quantitative estimate of drug-likeness (QED) is 0.774. The SMILES string of the molecule is CNc1nc([C@@H]2CCCN(C(C)=O)C2)nc2c1CCN(C(=O)C(C)(C)c1ccc(C)cc1)C2. The Bertz CT molecular complexity index is 1050. The fourth-order valence-corrected chi connectivity index (χ4v) is 4.98. The minimum Gasteiger partial charge on any atom is -0.373 e. The maximum Gasteiger partial charge on any atom is 0.233 e. The van der Waals surface area contributed by atoms with E-state index in [1.165, 1.54) is 5.56 Å². The number of benzene rings is 1. The van der Waals surface area contributed by atoms with E-state index in [1.54, 1.807) is 6.92 Å². The first kappa shape index (κ1) is 23.2. The molecule has 1 saturated heterocycles. The second kappa shape index (κ2) is 9.12. The van der Waals surface area contributed by atoms with Gasteiger partial charge in [0.2, 0.25) is 11.8 Å². The molecule has 2 amide bonds. The van der Waals surface area contributed by atoms with E-state index in [0.717, 1.165) is 54.3 Å². The van der Waals surface area contributed by atoms with Gasteiger partial charge >= 0.3 is 0 Å². The van der Waals surface area contributed by atoms with Crippen molar-refractivity contribution in [2.75, 3.05) is 32.0 Å². The fraction of sp³-hybridized carbons (Fsp3) is 0.538. The Morgan fingerprint density at radius 2 is 1.82 bits per heavy atom. The number of rotatable bonds is 4. The van der Waals surface area contributed by atoms with E-state index >= 15 is 0 Å². The third-order valence-electron chi connectivity index (χ3n) is 7.15. The minimum atomic E-state index is -0.613. The lowest BCUT2D eigenvalue weighted by Gasteiger charge is -2.36. The Morgan fingerprint density at radius 1 is 1.09 bits per heavy atom. The molecule has 1 N–H and O–H groups in total. The van der Waals surface area contributed by atoms with Crippen molar-refractivity contribution in [2.45, 2.75) is 64.8 Å². The van der Waals surface area contributed by atoms with Crippen LogP contribution in [0.3, 0.4) is 0 Å². The molecule has 0 radical (unpaired) electrons. The Morgan fingerprint density at radius 3 is 2.48 bits per heavy atom. The summed E-state index contributed by atoms with van der Waals surface area (Å²) in [5, 5.41) is 3.24. The number of likely N-dealkylation sites (tertiary alicyclic amines) is 1. The Balaban J connectivity index is 1.59. The number of aryl methyl sites for hydroxylation is 1. The third kappa shape index (κ3) is 4.59. The molecular formula is C26H35N5O2. The molecule has 33 heavy (non-hydrogen) atoms. The van der Waals surface area contributed by atoms with Crippen LogP contribution < -0.4 is 5.32 Å². The number of piperidine rings is 1. The van der Waals surface area contributed by atoms with Crippen molar-refractivity contribution >= 4 is 17.6 Å². The van der Waals surface area contributed by atoms with Gasteiger partial charge in [-0.1, -0.05) is 29.8 Å². The van der Waals surface area contributed by atoms with Gasteiger partial charge in [0.15, 0.2) is 0 Å². The highest BCUT2D eigenvalue weighted by Gasteiger charge is 2.36.